The van der Waals surface area contributed by atoms with E-state index in [1.807, 2.05) is 0 Å². The van der Waals surface area contributed by atoms with E-state index in [9.17, 15) is 0 Å². The van der Waals surface area contributed by atoms with Crippen molar-refractivity contribution in [2.24, 2.45) is 5.73 Å². The van der Waals surface area contributed by atoms with Crippen LogP contribution in [0, 0.1) is 0 Å². The lowest BCUT2D eigenvalue weighted by molar-refractivity contribution is 0.352. The fourth-order valence-electron chi connectivity index (χ4n) is 2.79. The Morgan fingerprint density at radius 1 is 1.10 bits per heavy atom. The van der Waals surface area contributed by atoms with E-state index in [-0.39, 0.29) is 6.04 Å². The molecule has 2 nitrogen and oxygen atoms in total. The van der Waals surface area contributed by atoms with Crippen molar-refractivity contribution >= 4 is 21.4 Å². The average molecular weight is 281 g/mol. The van der Waals surface area contributed by atoms with Crippen LogP contribution >= 0.6 is 11.3 Å². The molecule has 2 N–H and O–H groups in total. The predicted octanol–water partition coefficient (Wildman–Crippen LogP) is 3.88. The van der Waals surface area contributed by atoms with Crippen molar-refractivity contribution in [1.29, 1.82) is 0 Å². The van der Waals surface area contributed by atoms with Gasteiger partial charge in [0.25, 0.3) is 0 Å². The lowest BCUT2D eigenvalue weighted by Gasteiger charge is -2.14. The van der Waals surface area contributed by atoms with Gasteiger partial charge in [-0.1, -0.05) is 36.4 Å². The third kappa shape index (κ3) is 1.82. The Morgan fingerprint density at radius 2 is 2.00 bits per heavy atom. The first kappa shape index (κ1) is 11.9. The van der Waals surface area contributed by atoms with E-state index in [2.05, 4.69) is 48.5 Å². The van der Waals surface area contributed by atoms with Crippen LogP contribution in [-0.2, 0) is 6.42 Å². The Labute approximate surface area is 121 Å². The highest BCUT2D eigenvalue weighted by Crippen LogP contribution is 2.38. The first-order valence-corrected chi connectivity index (χ1v) is 7.63. The van der Waals surface area contributed by atoms with Crippen LogP contribution in [0.2, 0.25) is 0 Å². The van der Waals surface area contributed by atoms with Gasteiger partial charge in [0.15, 0.2) is 0 Å². The van der Waals surface area contributed by atoms with E-state index in [0.717, 1.165) is 24.3 Å². The zero-order valence-electron chi connectivity index (χ0n) is 11.0. The lowest BCUT2D eigenvalue weighted by atomic mass is 10.0. The zero-order chi connectivity index (χ0) is 13.5. The van der Waals surface area contributed by atoms with Gasteiger partial charge in [0.05, 0.1) is 12.6 Å². The predicted molar refractivity (Wildman–Crippen MR) is 83.5 cm³/mol. The van der Waals surface area contributed by atoms with Crippen molar-refractivity contribution in [3.05, 3.63) is 64.5 Å². The number of benzene rings is 2. The summed E-state index contributed by atoms with van der Waals surface area (Å²) in [5.74, 6) is 0.998. The normalized spacial score (nSPS) is 15.1. The maximum atomic E-state index is 6.48. The molecule has 3 aromatic rings. The number of fused-ring (bicyclic) bond motifs is 2. The largest absolute Gasteiger partial charge is 0.493 e. The van der Waals surface area contributed by atoms with Crippen molar-refractivity contribution in [3.63, 3.8) is 0 Å². The Hall–Kier alpha value is -1.84. The average Bonchev–Trinajstić information content (AvgIpc) is 3.12. The monoisotopic (exact) mass is 281 g/mol. The van der Waals surface area contributed by atoms with Gasteiger partial charge in [-0.2, -0.15) is 0 Å². The second kappa shape index (κ2) is 4.62. The van der Waals surface area contributed by atoms with Gasteiger partial charge >= 0.3 is 0 Å². The summed E-state index contributed by atoms with van der Waals surface area (Å²) in [7, 11) is 0. The molecular formula is C17H15NOS. The van der Waals surface area contributed by atoms with E-state index in [4.69, 9.17) is 10.5 Å². The summed E-state index contributed by atoms with van der Waals surface area (Å²) in [6, 6.07) is 16.8. The Bertz CT molecular complexity index is 745. The number of rotatable bonds is 2. The Balaban J connectivity index is 1.80. The van der Waals surface area contributed by atoms with E-state index in [1.54, 1.807) is 11.3 Å². The Morgan fingerprint density at radius 3 is 2.90 bits per heavy atom. The van der Waals surface area contributed by atoms with Crippen LogP contribution < -0.4 is 10.5 Å². The van der Waals surface area contributed by atoms with Crippen LogP contribution in [0.3, 0.4) is 0 Å². The number of para-hydroxylation sites is 1. The molecule has 0 amide bonds. The molecule has 0 saturated heterocycles. The number of hydrogen-bond donors (Lipinski definition) is 1. The molecule has 0 spiro atoms. The summed E-state index contributed by atoms with van der Waals surface area (Å²) < 4.78 is 7.05. The van der Waals surface area contributed by atoms with Crippen molar-refractivity contribution in [2.45, 2.75) is 12.5 Å². The molecule has 1 aliphatic heterocycles. The molecule has 4 rings (SSSR count). The highest BCUT2D eigenvalue weighted by atomic mass is 32.1. The number of ether oxygens (including phenoxy) is 1. The molecule has 2 heterocycles. The van der Waals surface area contributed by atoms with Gasteiger partial charge in [0.2, 0.25) is 0 Å². The molecule has 0 aliphatic carbocycles. The Kier molecular flexibility index (Phi) is 2.76. The molecular weight excluding hydrogens is 266 g/mol. The van der Waals surface area contributed by atoms with Gasteiger partial charge in [-0.25, -0.2) is 0 Å². The molecule has 1 unspecified atom stereocenters. The van der Waals surface area contributed by atoms with Crippen LogP contribution in [0.1, 0.15) is 22.0 Å². The van der Waals surface area contributed by atoms with Crippen LogP contribution in [0.4, 0.5) is 0 Å². The van der Waals surface area contributed by atoms with E-state index in [1.165, 1.54) is 20.5 Å². The topological polar surface area (TPSA) is 35.2 Å². The molecule has 0 radical (unpaired) electrons. The van der Waals surface area contributed by atoms with Crippen LogP contribution in [0.25, 0.3) is 10.1 Å². The first-order valence-electron chi connectivity index (χ1n) is 6.81. The minimum atomic E-state index is -0.111. The molecule has 0 bridgehead atoms. The zero-order valence-corrected chi connectivity index (χ0v) is 11.8. The van der Waals surface area contributed by atoms with Gasteiger partial charge < -0.3 is 10.5 Å². The standard InChI is InChI=1S/C17H15NOS/c18-16(13-6-3-5-11-8-9-19-17(11)13)15-10-12-4-1-2-7-14(12)20-15/h1-7,10,16H,8-9,18H2. The first-order chi connectivity index (χ1) is 9.83. The van der Waals surface area contributed by atoms with Gasteiger partial charge in [-0.3, -0.25) is 0 Å². The molecule has 3 heteroatoms. The molecule has 1 aliphatic rings. The third-order valence-corrected chi connectivity index (χ3v) is 5.03. The lowest BCUT2D eigenvalue weighted by Crippen LogP contribution is -2.11. The quantitative estimate of drug-likeness (QED) is 0.773. The smallest absolute Gasteiger partial charge is 0.127 e. The van der Waals surface area contributed by atoms with Gasteiger partial charge in [-0.15, -0.1) is 11.3 Å². The summed E-state index contributed by atoms with van der Waals surface area (Å²) in [6.45, 7) is 0.769. The van der Waals surface area contributed by atoms with E-state index >= 15 is 0 Å². The molecule has 2 aromatic carbocycles. The third-order valence-electron chi connectivity index (χ3n) is 3.83. The summed E-state index contributed by atoms with van der Waals surface area (Å²) in [6.07, 6.45) is 0.988. The summed E-state index contributed by atoms with van der Waals surface area (Å²) in [5, 5.41) is 1.26. The molecule has 20 heavy (non-hydrogen) atoms. The molecule has 1 aromatic heterocycles. The van der Waals surface area contributed by atoms with Crippen LogP contribution in [0.5, 0.6) is 5.75 Å². The maximum absolute atomic E-state index is 6.48. The van der Waals surface area contributed by atoms with Gasteiger partial charge in [0, 0.05) is 21.6 Å². The number of nitrogens with two attached hydrogens (primary N) is 1. The number of thiophene rings is 1. The summed E-state index contributed by atoms with van der Waals surface area (Å²) in [4.78, 5) is 1.19. The highest BCUT2D eigenvalue weighted by molar-refractivity contribution is 7.19. The minimum absolute atomic E-state index is 0.111. The van der Waals surface area contributed by atoms with Crippen molar-refractivity contribution < 1.29 is 4.74 Å². The minimum Gasteiger partial charge on any atom is -0.493 e. The summed E-state index contributed by atoms with van der Waals surface area (Å²) in [5.41, 5.74) is 8.86. The van der Waals surface area contributed by atoms with Crippen molar-refractivity contribution in [2.75, 3.05) is 6.61 Å². The second-order valence-corrected chi connectivity index (χ2v) is 6.21. The van der Waals surface area contributed by atoms with Crippen molar-refractivity contribution in [1.82, 2.24) is 0 Å². The van der Waals surface area contributed by atoms with Crippen LogP contribution in [-0.4, -0.2) is 6.61 Å². The molecule has 100 valence electrons. The fraction of sp³-hybridized carbons (Fsp3) is 0.176. The maximum Gasteiger partial charge on any atom is 0.127 e. The van der Waals surface area contributed by atoms with E-state index < -0.39 is 0 Å². The highest BCUT2D eigenvalue weighted by Gasteiger charge is 2.22. The van der Waals surface area contributed by atoms with Gasteiger partial charge in [0.1, 0.15) is 5.75 Å². The fourth-order valence-corrected chi connectivity index (χ4v) is 3.88. The van der Waals surface area contributed by atoms with Gasteiger partial charge in [-0.05, 0) is 23.1 Å². The molecule has 1 atom stereocenters. The molecule has 0 fully saturated rings. The SMILES string of the molecule is NC(c1cc2ccccc2s1)c1cccc2c1OCC2. The van der Waals surface area contributed by atoms with E-state index in [0.29, 0.717) is 0 Å². The second-order valence-electron chi connectivity index (χ2n) is 5.10. The van der Waals surface area contributed by atoms with Crippen molar-refractivity contribution in [3.8, 4) is 5.75 Å². The van der Waals surface area contributed by atoms with Crippen LogP contribution in [0.15, 0.2) is 48.5 Å². The molecule has 0 saturated carbocycles. The number of hydrogen-bond acceptors (Lipinski definition) is 3. The summed E-state index contributed by atoms with van der Waals surface area (Å²) >= 11 is 1.77.